The molecule has 0 bridgehead atoms. The van der Waals surface area contributed by atoms with Crippen molar-refractivity contribution in [2.24, 2.45) is 0 Å². The van der Waals surface area contributed by atoms with Gasteiger partial charge in [0.15, 0.2) is 6.23 Å². The van der Waals surface area contributed by atoms with E-state index < -0.39 is 14.1 Å². The average molecular weight is 180 g/mol. The lowest BCUT2D eigenvalue weighted by Crippen LogP contribution is -2.47. The number of hydrogen-bond donors (Lipinski definition) is 2. The Hall–Kier alpha value is 0.0300. The molecule has 7 heteroatoms. The van der Waals surface area contributed by atoms with E-state index in [4.69, 9.17) is 9.42 Å². The van der Waals surface area contributed by atoms with E-state index >= 15 is 0 Å². The fourth-order valence-corrected chi connectivity index (χ4v) is 2.13. The minimum absolute atomic E-state index is 0.403. The van der Waals surface area contributed by atoms with E-state index in [-0.39, 0.29) is 0 Å². The van der Waals surface area contributed by atoms with E-state index in [0.717, 1.165) is 6.54 Å². The van der Waals surface area contributed by atoms with Gasteiger partial charge in [0, 0.05) is 19.6 Å². The molecule has 0 aliphatic carbocycles. The van der Waals surface area contributed by atoms with Crippen LogP contribution >= 0.6 is 7.82 Å². The first-order valence-electron chi connectivity index (χ1n) is 3.36. The fraction of sp³-hybridized carbons (Fsp3) is 1.00. The molecule has 6 nitrogen and oxygen atoms in total. The predicted octanol–water partition coefficient (Wildman–Crippen LogP) is -0.720. The number of rotatable bonds is 0. The SMILES string of the molecule is O=P1(O)OC2CNCCN2O1. The Kier molecular flexibility index (Phi) is 1.75. The van der Waals surface area contributed by atoms with Crippen molar-refractivity contribution in [3.05, 3.63) is 0 Å². The Morgan fingerprint density at radius 3 is 3.27 bits per heavy atom. The van der Waals surface area contributed by atoms with E-state index in [2.05, 4.69) is 9.94 Å². The zero-order valence-electron chi connectivity index (χ0n) is 5.77. The van der Waals surface area contributed by atoms with Gasteiger partial charge in [-0.15, -0.1) is 5.06 Å². The highest BCUT2D eigenvalue weighted by Crippen LogP contribution is 2.51. The molecule has 2 aliphatic heterocycles. The zero-order chi connectivity index (χ0) is 7.90. The Morgan fingerprint density at radius 1 is 1.73 bits per heavy atom. The second kappa shape index (κ2) is 2.52. The number of phosphoric ester groups is 1. The van der Waals surface area contributed by atoms with Crippen molar-refractivity contribution >= 4 is 7.82 Å². The molecular weight excluding hydrogens is 171 g/mol. The molecule has 2 atom stereocenters. The Bertz CT molecular complexity index is 192. The summed E-state index contributed by atoms with van der Waals surface area (Å²) in [6.45, 7) is 1.86. The monoisotopic (exact) mass is 180 g/mol. The summed E-state index contributed by atoms with van der Waals surface area (Å²) < 4.78 is 20.2. The standard InChI is InChI=1S/C4H9N2O4P/c7-11(8)9-4-3-5-1-2-6(4)10-11/h4-5H,1-3H2,(H,7,8). The zero-order valence-corrected chi connectivity index (χ0v) is 6.66. The summed E-state index contributed by atoms with van der Waals surface area (Å²) in [5, 5.41) is 4.42. The van der Waals surface area contributed by atoms with Crippen LogP contribution in [0.3, 0.4) is 0 Å². The van der Waals surface area contributed by atoms with Crippen molar-refractivity contribution in [1.82, 2.24) is 10.4 Å². The van der Waals surface area contributed by atoms with Crippen molar-refractivity contribution in [2.45, 2.75) is 6.23 Å². The van der Waals surface area contributed by atoms with E-state index in [1.165, 1.54) is 5.06 Å². The number of piperazine rings is 1. The molecule has 0 aromatic carbocycles. The Morgan fingerprint density at radius 2 is 2.55 bits per heavy atom. The number of phosphoric acid groups is 1. The molecule has 2 unspecified atom stereocenters. The summed E-state index contributed by atoms with van der Waals surface area (Å²) in [4.78, 5) is 8.87. The maximum Gasteiger partial charge on any atom is 0.490 e. The van der Waals surface area contributed by atoms with Crippen molar-refractivity contribution in [2.75, 3.05) is 19.6 Å². The van der Waals surface area contributed by atoms with Gasteiger partial charge in [0.05, 0.1) is 0 Å². The molecule has 64 valence electrons. The van der Waals surface area contributed by atoms with Gasteiger partial charge in [0.1, 0.15) is 0 Å². The first-order chi connectivity index (χ1) is 5.17. The first kappa shape index (κ1) is 7.67. The fourth-order valence-electron chi connectivity index (χ4n) is 1.15. The number of hydrogen-bond acceptors (Lipinski definition) is 5. The van der Waals surface area contributed by atoms with Crippen LogP contribution in [0.15, 0.2) is 0 Å². The molecule has 0 aromatic rings. The van der Waals surface area contributed by atoms with Crippen molar-refractivity contribution in [3.63, 3.8) is 0 Å². The molecule has 0 radical (unpaired) electrons. The van der Waals surface area contributed by atoms with Gasteiger partial charge in [-0.3, -0.25) is 4.52 Å². The smallest absolute Gasteiger partial charge is 0.311 e. The van der Waals surface area contributed by atoms with Gasteiger partial charge < -0.3 is 10.2 Å². The molecule has 2 aliphatic rings. The van der Waals surface area contributed by atoms with Crippen molar-refractivity contribution in [1.29, 1.82) is 0 Å². The largest absolute Gasteiger partial charge is 0.490 e. The summed E-state index contributed by atoms with van der Waals surface area (Å²) in [6, 6.07) is 0. The Labute approximate surface area is 63.7 Å². The number of nitrogens with zero attached hydrogens (tertiary/aromatic N) is 1. The van der Waals surface area contributed by atoms with Crippen molar-refractivity contribution < 1.29 is 18.6 Å². The molecule has 11 heavy (non-hydrogen) atoms. The van der Waals surface area contributed by atoms with Crippen LogP contribution in [0.4, 0.5) is 0 Å². The molecule has 2 rings (SSSR count). The van der Waals surface area contributed by atoms with Crippen LogP contribution in [-0.4, -0.2) is 35.8 Å². The molecule has 0 saturated carbocycles. The third-order valence-corrected chi connectivity index (χ3v) is 2.54. The number of nitrogens with one attached hydrogen (secondary N) is 1. The van der Waals surface area contributed by atoms with Crippen LogP contribution in [-0.2, 0) is 13.7 Å². The van der Waals surface area contributed by atoms with Gasteiger partial charge in [-0.25, -0.2) is 4.57 Å². The van der Waals surface area contributed by atoms with Gasteiger partial charge in [-0.05, 0) is 0 Å². The van der Waals surface area contributed by atoms with Crippen LogP contribution in [0, 0.1) is 0 Å². The van der Waals surface area contributed by atoms with Gasteiger partial charge in [-0.2, -0.15) is 4.62 Å². The van der Waals surface area contributed by atoms with Gasteiger partial charge in [0.2, 0.25) is 0 Å². The number of hydroxylamine groups is 2. The van der Waals surface area contributed by atoms with E-state index in [1.807, 2.05) is 0 Å². The van der Waals surface area contributed by atoms with E-state index in [0.29, 0.717) is 13.1 Å². The maximum absolute atomic E-state index is 10.8. The second-order valence-electron chi connectivity index (χ2n) is 2.46. The van der Waals surface area contributed by atoms with Crippen LogP contribution < -0.4 is 5.32 Å². The molecule has 0 aromatic heterocycles. The van der Waals surface area contributed by atoms with Gasteiger partial charge >= 0.3 is 7.82 Å². The quantitative estimate of drug-likeness (QED) is 0.479. The lowest BCUT2D eigenvalue weighted by Gasteiger charge is -2.24. The minimum atomic E-state index is -3.76. The van der Waals surface area contributed by atoms with Crippen LogP contribution in [0.2, 0.25) is 0 Å². The average Bonchev–Trinajstić information content (AvgIpc) is 2.21. The summed E-state index contributed by atoms with van der Waals surface area (Å²) in [5.41, 5.74) is 0. The minimum Gasteiger partial charge on any atom is -0.311 e. The highest BCUT2D eigenvalue weighted by Gasteiger charge is 2.43. The summed E-state index contributed by atoms with van der Waals surface area (Å²) in [5.74, 6) is 0. The molecule has 2 N–H and O–H groups in total. The topological polar surface area (TPSA) is 71.0 Å². The molecule has 2 heterocycles. The molecule has 0 amide bonds. The maximum atomic E-state index is 10.8. The highest BCUT2D eigenvalue weighted by molar-refractivity contribution is 7.47. The second-order valence-corrected chi connectivity index (χ2v) is 3.77. The lowest BCUT2D eigenvalue weighted by molar-refractivity contribution is -0.109. The van der Waals surface area contributed by atoms with Crippen molar-refractivity contribution in [3.8, 4) is 0 Å². The normalized spacial score (nSPS) is 45.7. The predicted molar refractivity (Wildman–Crippen MR) is 35.4 cm³/mol. The highest BCUT2D eigenvalue weighted by atomic mass is 31.2. The van der Waals surface area contributed by atoms with Gasteiger partial charge in [-0.1, -0.05) is 0 Å². The summed E-state index contributed by atoms with van der Waals surface area (Å²) >= 11 is 0. The molecular formula is C4H9N2O4P. The van der Waals surface area contributed by atoms with Crippen LogP contribution in [0.25, 0.3) is 0 Å². The summed E-state index contributed by atoms with van der Waals surface area (Å²) in [6.07, 6.45) is -0.403. The van der Waals surface area contributed by atoms with E-state index in [1.54, 1.807) is 0 Å². The third-order valence-electron chi connectivity index (χ3n) is 1.61. The third kappa shape index (κ3) is 1.46. The van der Waals surface area contributed by atoms with Crippen LogP contribution in [0.5, 0.6) is 0 Å². The Balaban J connectivity index is 2.09. The van der Waals surface area contributed by atoms with Crippen LogP contribution in [0.1, 0.15) is 0 Å². The van der Waals surface area contributed by atoms with Gasteiger partial charge in [0.25, 0.3) is 0 Å². The molecule has 0 spiro atoms. The molecule has 2 fully saturated rings. The first-order valence-corrected chi connectivity index (χ1v) is 4.85. The van der Waals surface area contributed by atoms with E-state index in [9.17, 15) is 4.57 Å². The molecule has 2 saturated heterocycles. The lowest BCUT2D eigenvalue weighted by atomic mass is 10.4. The number of fused-ring (bicyclic) bond motifs is 1. The summed E-state index contributed by atoms with van der Waals surface area (Å²) in [7, 11) is -3.76.